The van der Waals surface area contributed by atoms with Crippen LogP contribution in [-0.2, 0) is 0 Å². The van der Waals surface area contributed by atoms with Crippen LogP contribution in [0.15, 0.2) is 48.5 Å². The minimum atomic E-state index is -0.187. The van der Waals surface area contributed by atoms with Gasteiger partial charge >= 0.3 is 0 Å². The zero-order chi connectivity index (χ0) is 16.4. The summed E-state index contributed by atoms with van der Waals surface area (Å²) in [5.41, 5.74) is 1.44. The van der Waals surface area contributed by atoms with Crippen molar-refractivity contribution < 1.29 is 9.59 Å². The van der Waals surface area contributed by atoms with Gasteiger partial charge in [-0.2, -0.15) is 0 Å². The summed E-state index contributed by atoms with van der Waals surface area (Å²) in [7, 11) is 0. The summed E-state index contributed by atoms with van der Waals surface area (Å²) in [4.78, 5) is 24.0. The highest BCUT2D eigenvalue weighted by Crippen LogP contribution is 2.24. The minimum absolute atomic E-state index is 0.131. The van der Waals surface area contributed by atoms with Crippen molar-refractivity contribution in [2.45, 2.75) is 6.92 Å². The number of benzene rings is 2. The molecule has 0 aliphatic carbocycles. The molecule has 0 saturated heterocycles. The highest BCUT2D eigenvalue weighted by Gasteiger charge is 2.19. The molecule has 0 aliphatic rings. The van der Waals surface area contributed by atoms with E-state index >= 15 is 0 Å². The first-order valence-electron chi connectivity index (χ1n) is 6.88. The molecule has 0 unspecified atom stereocenters. The summed E-state index contributed by atoms with van der Waals surface area (Å²) >= 11 is 6.06. The number of carbonyl (C=O) groups is 2. The topological polar surface area (TPSA) is 64.8 Å². The van der Waals surface area contributed by atoms with Crippen molar-refractivity contribution in [3.05, 3.63) is 76.3 Å². The molecule has 0 aliphatic heterocycles. The van der Waals surface area contributed by atoms with Crippen LogP contribution in [0.25, 0.3) is 5.69 Å². The fraction of sp³-hybridized carbons (Fsp3) is 0.0588. The molecule has 0 spiro atoms. The second-order valence-corrected chi connectivity index (χ2v) is 5.35. The van der Waals surface area contributed by atoms with Crippen LogP contribution in [0.4, 0.5) is 0 Å². The Morgan fingerprint density at radius 3 is 2.57 bits per heavy atom. The van der Waals surface area contributed by atoms with Crippen LogP contribution in [0.3, 0.4) is 0 Å². The number of aryl methyl sites for hydroxylation is 1. The number of rotatable bonds is 4. The third-order valence-electron chi connectivity index (χ3n) is 3.44. The van der Waals surface area contributed by atoms with Crippen molar-refractivity contribution in [3.63, 3.8) is 0 Å². The molecule has 0 saturated carbocycles. The number of carbonyl (C=O) groups excluding carboxylic acids is 2. The van der Waals surface area contributed by atoms with Gasteiger partial charge in [0.25, 0.3) is 0 Å². The molecule has 3 rings (SSSR count). The maximum atomic E-state index is 12.8. The van der Waals surface area contributed by atoms with Gasteiger partial charge in [-0.3, -0.25) is 14.2 Å². The van der Waals surface area contributed by atoms with Crippen LogP contribution in [0.2, 0.25) is 5.02 Å². The van der Waals surface area contributed by atoms with Gasteiger partial charge in [0.15, 0.2) is 12.1 Å². The van der Waals surface area contributed by atoms with Crippen LogP contribution in [0.5, 0.6) is 0 Å². The van der Waals surface area contributed by atoms with Gasteiger partial charge in [0.1, 0.15) is 5.82 Å². The van der Waals surface area contributed by atoms with E-state index in [-0.39, 0.29) is 11.6 Å². The lowest BCUT2D eigenvalue weighted by Gasteiger charge is -2.12. The molecule has 114 valence electrons. The SMILES string of the molecule is Cc1nnc(C=O)n1-c1ccc(Cl)cc1C(=O)c1ccccc1. The molecule has 0 radical (unpaired) electrons. The highest BCUT2D eigenvalue weighted by atomic mass is 35.5. The molecule has 1 aromatic heterocycles. The van der Waals surface area contributed by atoms with E-state index in [4.69, 9.17) is 11.6 Å². The Balaban J connectivity index is 2.22. The summed E-state index contributed by atoms with van der Waals surface area (Å²) in [6, 6.07) is 13.8. The van der Waals surface area contributed by atoms with Crippen molar-refractivity contribution >= 4 is 23.7 Å². The van der Waals surface area contributed by atoms with Crippen LogP contribution < -0.4 is 0 Å². The predicted octanol–water partition coefficient (Wildman–Crippen LogP) is 3.27. The van der Waals surface area contributed by atoms with Gasteiger partial charge in [0.05, 0.1) is 5.69 Å². The average molecular weight is 326 g/mol. The molecule has 0 N–H and O–H groups in total. The van der Waals surface area contributed by atoms with Gasteiger partial charge in [-0.1, -0.05) is 41.9 Å². The Morgan fingerprint density at radius 1 is 1.13 bits per heavy atom. The van der Waals surface area contributed by atoms with E-state index < -0.39 is 0 Å². The Kier molecular flexibility index (Phi) is 4.04. The van der Waals surface area contributed by atoms with Crippen molar-refractivity contribution in [3.8, 4) is 5.69 Å². The standard InChI is InChI=1S/C17H12ClN3O2/c1-11-19-20-16(10-22)21(11)15-8-7-13(18)9-14(15)17(23)12-5-3-2-4-6-12/h2-10H,1H3. The fourth-order valence-electron chi connectivity index (χ4n) is 2.38. The number of aromatic nitrogens is 3. The number of halogens is 1. The first-order chi connectivity index (χ1) is 11.1. The van der Waals surface area contributed by atoms with E-state index in [0.29, 0.717) is 33.9 Å². The van der Waals surface area contributed by atoms with Crippen molar-refractivity contribution in [1.29, 1.82) is 0 Å². The van der Waals surface area contributed by atoms with E-state index in [1.807, 2.05) is 6.07 Å². The summed E-state index contributed by atoms with van der Waals surface area (Å²) in [6.45, 7) is 1.71. The lowest BCUT2D eigenvalue weighted by molar-refractivity contribution is 0.103. The lowest BCUT2D eigenvalue weighted by Crippen LogP contribution is -2.10. The molecule has 1 heterocycles. The Bertz CT molecular complexity index is 888. The number of hydrogen-bond acceptors (Lipinski definition) is 4. The van der Waals surface area contributed by atoms with E-state index in [0.717, 1.165) is 0 Å². The maximum Gasteiger partial charge on any atom is 0.201 e. The van der Waals surface area contributed by atoms with Gasteiger partial charge in [0.2, 0.25) is 5.82 Å². The summed E-state index contributed by atoms with van der Waals surface area (Å²) in [5, 5.41) is 8.14. The molecule has 0 amide bonds. The molecular weight excluding hydrogens is 314 g/mol. The van der Waals surface area contributed by atoms with Gasteiger partial charge < -0.3 is 0 Å². The Hall–Kier alpha value is -2.79. The first-order valence-corrected chi connectivity index (χ1v) is 7.26. The summed E-state index contributed by atoms with van der Waals surface area (Å²) < 4.78 is 1.54. The van der Waals surface area contributed by atoms with E-state index in [1.54, 1.807) is 54.0 Å². The van der Waals surface area contributed by atoms with Crippen LogP contribution >= 0.6 is 11.6 Å². The number of hydrogen-bond donors (Lipinski definition) is 0. The Morgan fingerprint density at radius 2 is 1.87 bits per heavy atom. The van der Waals surface area contributed by atoms with Crippen molar-refractivity contribution in [2.24, 2.45) is 0 Å². The molecular formula is C17H12ClN3O2. The molecule has 0 bridgehead atoms. The van der Waals surface area contributed by atoms with Gasteiger partial charge in [0, 0.05) is 16.1 Å². The van der Waals surface area contributed by atoms with E-state index in [9.17, 15) is 9.59 Å². The first kappa shape index (κ1) is 15.1. The number of ketones is 1. The largest absolute Gasteiger partial charge is 0.294 e. The Labute approximate surface area is 137 Å². The van der Waals surface area contributed by atoms with E-state index in [2.05, 4.69) is 10.2 Å². The quantitative estimate of drug-likeness (QED) is 0.545. The fourth-order valence-corrected chi connectivity index (χ4v) is 2.56. The molecule has 23 heavy (non-hydrogen) atoms. The van der Waals surface area contributed by atoms with Gasteiger partial charge in [-0.05, 0) is 25.1 Å². The third-order valence-corrected chi connectivity index (χ3v) is 3.67. The zero-order valence-corrected chi connectivity index (χ0v) is 13.0. The van der Waals surface area contributed by atoms with Crippen molar-refractivity contribution in [2.75, 3.05) is 0 Å². The minimum Gasteiger partial charge on any atom is -0.294 e. The molecule has 5 nitrogen and oxygen atoms in total. The molecule has 2 aromatic carbocycles. The smallest absolute Gasteiger partial charge is 0.201 e. The van der Waals surface area contributed by atoms with Gasteiger partial charge in [-0.15, -0.1) is 10.2 Å². The molecule has 0 atom stereocenters. The normalized spacial score (nSPS) is 10.5. The monoisotopic (exact) mass is 325 g/mol. The second kappa shape index (κ2) is 6.14. The molecule has 6 heteroatoms. The average Bonchev–Trinajstić information content (AvgIpc) is 2.95. The number of aldehydes is 1. The number of nitrogens with zero attached hydrogens (tertiary/aromatic N) is 3. The predicted molar refractivity (Wildman–Crippen MR) is 86.4 cm³/mol. The van der Waals surface area contributed by atoms with Crippen LogP contribution in [-0.4, -0.2) is 26.8 Å². The zero-order valence-electron chi connectivity index (χ0n) is 12.2. The van der Waals surface area contributed by atoms with Crippen LogP contribution in [0.1, 0.15) is 32.4 Å². The summed E-state index contributed by atoms with van der Waals surface area (Å²) in [5.74, 6) is 0.455. The van der Waals surface area contributed by atoms with E-state index in [1.165, 1.54) is 0 Å². The summed E-state index contributed by atoms with van der Waals surface area (Å²) in [6.07, 6.45) is 0.603. The second-order valence-electron chi connectivity index (χ2n) is 4.92. The van der Waals surface area contributed by atoms with Gasteiger partial charge in [-0.25, -0.2) is 0 Å². The maximum absolute atomic E-state index is 12.8. The highest BCUT2D eigenvalue weighted by molar-refractivity contribution is 6.31. The molecule has 0 fully saturated rings. The van der Waals surface area contributed by atoms with Crippen LogP contribution in [0, 0.1) is 6.92 Å². The van der Waals surface area contributed by atoms with Crippen molar-refractivity contribution in [1.82, 2.24) is 14.8 Å². The lowest BCUT2D eigenvalue weighted by atomic mass is 10.0. The molecule has 3 aromatic rings. The third kappa shape index (κ3) is 2.78.